The quantitative estimate of drug-likeness (QED) is 0.649. The maximum Gasteiger partial charge on any atom is 0.248 e. The highest BCUT2D eigenvalue weighted by Crippen LogP contribution is 2.28. The number of thioether (sulfide) groups is 1. The first-order valence-corrected chi connectivity index (χ1v) is 8.92. The topological polar surface area (TPSA) is 57.3 Å². The number of carbonyl (C=O) groups excluding carboxylic acids is 1. The predicted octanol–water partition coefficient (Wildman–Crippen LogP) is 2.23. The van der Waals surface area contributed by atoms with E-state index in [4.69, 9.17) is 0 Å². The second-order valence-corrected chi connectivity index (χ2v) is 7.40. The van der Waals surface area contributed by atoms with Gasteiger partial charge in [-0.25, -0.2) is 4.98 Å². The summed E-state index contributed by atoms with van der Waals surface area (Å²) in [6, 6.07) is 8.01. The van der Waals surface area contributed by atoms with Crippen LogP contribution in [0.4, 0.5) is 0 Å². The summed E-state index contributed by atoms with van der Waals surface area (Å²) in [5, 5.41) is 0. The molecule has 0 saturated heterocycles. The molecule has 0 spiro atoms. The summed E-state index contributed by atoms with van der Waals surface area (Å²) < 4.78 is 2.08. The van der Waals surface area contributed by atoms with E-state index in [1.165, 1.54) is 11.8 Å². The fourth-order valence-corrected chi connectivity index (χ4v) is 3.98. The van der Waals surface area contributed by atoms with E-state index in [9.17, 15) is 4.79 Å². The third-order valence-corrected chi connectivity index (χ3v) is 5.56. The van der Waals surface area contributed by atoms with Crippen molar-refractivity contribution in [3.8, 4) is 0 Å². The summed E-state index contributed by atoms with van der Waals surface area (Å²) in [5.74, 6) is 0.323. The molecule has 1 amide bonds. The van der Waals surface area contributed by atoms with Crippen LogP contribution in [-0.4, -0.2) is 41.7 Å². The van der Waals surface area contributed by atoms with Crippen LogP contribution in [0.15, 0.2) is 40.4 Å². The normalized spacial score (nSPS) is 15.6. The predicted molar refractivity (Wildman–Crippen MR) is 91.8 cm³/mol. The van der Waals surface area contributed by atoms with Crippen LogP contribution in [0.2, 0.25) is 0 Å². The number of carbonyl (C=O) groups is 1. The van der Waals surface area contributed by atoms with Gasteiger partial charge in [-0.2, -0.15) is 0 Å². The molecule has 1 aliphatic rings. The number of hydrogen-bond acceptors (Lipinski definition) is 6. The molecule has 1 aromatic heterocycles. The van der Waals surface area contributed by atoms with E-state index in [-0.39, 0.29) is 5.91 Å². The Hall–Kier alpha value is -1.57. The van der Waals surface area contributed by atoms with Crippen LogP contribution in [0.3, 0.4) is 0 Å². The number of thiazole rings is 1. The van der Waals surface area contributed by atoms with Gasteiger partial charge in [0.25, 0.3) is 0 Å². The summed E-state index contributed by atoms with van der Waals surface area (Å²) in [5.41, 5.74) is 7.83. The van der Waals surface area contributed by atoms with Gasteiger partial charge >= 0.3 is 0 Å². The Bertz CT molecular complexity index is 665. The zero-order valence-corrected chi connectivity index (χ0v) is 14.0. The largest absolute Gasteiger partial charge is 0.303 e. The molecular weight excluding hydrogens is 316 g/mol. The average molecular weight is 334 g/mol. The molecule has 0 aliphatic carbocycles. The van der Waals surface area contributed by atoms with E-state index >= 15 is 0 Å². The molecule has 3 rings (SSSR count). The maximum atomic E-state index is 11.9. The van der Waals surface area contributed by atoms with Crippen LogP contribution in [0.5, 0.6) is 0 Å². The molecule has 0 saturated carbocycles. The van der Waals surface area contributed by atoms with Gasteiger partial charge in [0.2, 0.25) is 5.91 Å². The summed E-state index contributed by atoms with van der Waals surface area (Å²) in [4.78, 5) is 18.6. The highest BCUT2D eigenvalue weighted by molar-refractivity contribution is 8.01. The molecule has 7 heteroatoms. The number of likely N-dealkylation sites (N-methyl/N-ethyl adjacent to an activating group) is 1. The number of aromatic nitrogens is 1. The third-order valence-electron chi connectivity index (χ3n) is 3.38. The van der Waals surface area contributed by atoms with Crippen LogP contribution >= 0.6 is 23.1 Å². The first-order valence-electron chi connectivity index (χ1n) is 7.11. The number of benzene rings is 1. The van der Waals surface area contributed by atoms with Crippen LogP contribution < -0.4 is 10.9 Å². The Kier molecular flexibility index (Phi) is 4.97. The van der Waals surface area contributed by atoms with Gasteiger partial charge in [-0.15, -0.1) is 11.3 Å². The smallest absolute Gasteiger partial charge is 0.248 e. The zero-order valence-electron chi connectivity index (χ0n) is 12.3. The Balaban J connectivity index is 1.46. The van der Waals surface area contributed by atoms with Gasteiger partial charge in [0.1, 0.15) is 0 Å². The summed E-state index contributed by atoms with van der Waals surface area (Å²) >= 11 is 3.09. The molecule has 2 N–H and O–H groups in total. The minimum absolute atomic E-state index is 0.0379. The summed E-state index contributed by atoms with van der Waals surface area (Å²) in [7, 11) is 2.08. The van der Waals surface area contributed by atoms with Gasteiger partial charge in [0, 0.05) is 25.2 Å². The Morgan fingerprint density at radius 1 is 1.45 bits per heavy atom. The molecular formula is C15H18N4OS2. The lowest BCUT2D eigenvalue weighted by Crippen LogP contribution is -2.40. The van der Waals surface area contributed by atoms with Crippen molar-refractivity contribution in [1.29, 1.82) is 0 Å². The first kappa shape index (κ1) is 15.3. The van der Waals surface area contributed by atoms with Crippen molar-refractivity contribution in [2.75, 3.05) is 25.9 Å². The molecule has 116 valence electrons. The SMILES string of the molecule is CN1CC=C(NNC(=O)CSc2nc3ccccc3s2)CC1. The molecule has 2 aromatic rings. The Labute approximate surface area is 137 Å². The number of rotatable bonds is 5. The number of hydrogen-bond donors (Lipinski definition) is 2. The van der Waals surface area contributed by atoms with Gasteiger partial charge in [0.05, 0.1) is 16.0 Å². The van der Waals surface area contributed by atoms with Crippen LogP contribution in [0, 0.1) is 0 Å². The van der Waals surface area contributed by atoms with Crippen molar-refractivity contribution in [2.45, 2.75) is 10.8 Å². The van der Waals surface area contributed by atoms with E-state index in [0.29, 0.717) is 5.75 Å². The molecule has 0 radical (unpaired) electrons. The van der Waals surface area contributed by atoms with Gasteiger partial charge in [0.15, 0.2) is 4.34 Å². The minimum Gasteiger partial charge on any atom is -0.303 e. The third kappa shape index (κ3) is 4.00. The number of hydrazine groups is 1. The molecule has 0 atom stereocenters. The van der Waals surface area contributed by atoms with Crippen molar-refractivity contribution in [3.05, 3.63) is 36.0 Å². The summed E-state index contributed by atoms with van der Waals surface area (Å²) in [6.45, 7) is 1.92. The van der Waals surface area contributed by atoms with Crippen molar-refractivity contribution >= 4 is 39.2 Å². The lowest BCUT2D eigenvalue weighted by Gasteiger charge is -2.22. The standard InChI is InChI=1S/C15H18N4OS2/c1-19-8-6-11(7-9-19)17-18-14(20)10-21-15-16-12-4-2-3-5-13(12)22-15/h2-6,17H,7-10H2,1H3,(H,18,20). The molecule has 1 aromatic carbocycles. The van der Waals surface area contributed by atoms with Crippen LogP contribution in [0.1, 0.15) is 6.42 Å². The highest BCUT2D eigenvalue weighted by Gasteiger charge is 2.10. The van der Waals surface area contributed by atoms with Gasteiger partial charge in [-0.3, -0.25) is 10.2 Å². The van der Waals surface area contributed by atoms with Crippen molar-refractivity contribution in [3.63, 3.8) is 0 Å². The Morgan fingerprint density at radius 2 is 2.32 bits per heavy atom. The van der Waals surface area contributed by atoms with Crippen LogP contribution in [-0.2, 0) is 4.79 Å². The van der Waals surface area contributed by atoms with E-state index in [0.717, 1.165) is 39.8 Å². The Morgan fingerprint density at radius 3 is 3.09 bits per heavy atom. The number of fused-ring (bicyclic) bond motifs is 1. The fraction of sp³-hybridized carbons (Fsp3) is 0.333. The minimum atomic E-state index is -0.0379. The lowest BCUT2D eigenvalue weighted by molar-refractivity contribution is -0.119. The number of para-hydroxylation sites is 1. The van der Waals surface area contributed by atoms with E-state index < -0.39 is 0 Å². The molecule has 5 nitrogen and oxygen atoms in total. The monoisotopic (exact) mass is 334 g/mol. The summed E-state index contributed by atoms with van der Waals surface area (Å²) in [6.07, 6.45) is 3.03. The first-order chi connectivity index (χ1) is 10.7. The van der Waals surface area contributed by atoms with Gasteiger partial charge < -0.3 is 10.3 Å². The maximum absolute atomic E-state index is 11.9. The number of nitrogens with zero attached hydrogens (tertiary/aromatic N) is 2. The fourth-order valence-electron chi connectivity index (χ4n) is 2.11. The van der Waals surface area contributed by atoms with Crippen molar-refractivity contribution < 1.29 is 4.79 Å². The van der Waals surface area contributed by atoms with Gasteiger partial charge in [-0.05, 0) is 25.3 Å². The zero-order chi connectivity index (χ0) is 15.4. The van der Waals surface area contributed by atoms with E-state index in [2.05, 4.69) is 33.9 Å². The number of amides is 1. The molecule has 0 bridgehead atoms. The highest BCUT2D eigenvalue weighted by atomic mass is 32.2. The van der Waals surface area contributed by atoms with E-state index in [1.54, 1.807) is 11.3 Å². The average Bonchev–Trinajstić information content (AvgIpc) is 2.95. The lowest BCUT2D eigenvalue weighted by atomic mass is 10.2. The second-order valence-electron chi connectivity index (χ2n) is 5.15. The molecule has 22 heavy (non-hydrogen) atoms. The van der Waals surface area contributed by atoms with Crippen LogP contribution in [0.25, 0.3) is 10.2 Å². The van der Waals surface area contributed by atoms with Crippen molar-refractivity contribution in [1.82, 2.24) is 20.7 Å². The second kappa shape index (κ2) is 7.13. The molecule has 1 aliphatic heterocycles. The van der Waals surface area contributed by atoms with Gasteiger partial charge in [-0.1, -0.05) is 23.9 Å². The molecule has 2 heterocycles. The number of nitrogens with one attached hydrogen (secondary N) is 2. The van der Waals surface area contributed by atoms with E-state index in [1.807, 2.05) is 24.3 Å². The molecule has 0 fully saturated rings. The molecule has 0 unspecified atom stereocenters. The van der Waals surface area contributed by atoms with Crippen molar-refractivity contribution in [2.24, 2.45) is 0 Å².